The predicted molar refractivity (Wildman–Crippen MR) is 95.2 cm³/mol. The Kier molecular flexibility index (Phi) is 4.47. The molecule has 2 aromatic carbocycles. The highest BCUT2D eigenvalue weighted by atomic mass is 16.4. The van der Waals surface area contributed by atoms with Crippen molar-refractivity contribution < 1.29 is 9.90 Å². The molecule has 4 heteroatoms. The Bertz CT molecular complexity index is 1010. The molecule has 118 valence electrons. The standard InChI is InChI=1S/C10H7NO2.C10H9N/c12-10(13)8-3-4-9-7(6-8)2-1-5-11-9;1-8-4-5-10-9(7-8)3-2-6-11-10/h1-6H,(H,12,13);2-7H,1H3. The first kappa shape index (κ1) is 15.6. The molecule has 4 nitrogen and oxygen atoms in total. The molecule has 0 saturated carbocycles. The molecule has 24 heavy (non-hydrogen) atoms. The van der Waals surface area contributed by atoms with Gasteiger partial charge in [0, 0.05) is 23.2 Å². The molecule has 0 amide bonds. The van der Waals surface area contributed by atoms with Gasteiger partial charge >= 0.3 is 5.97 Å². The van der Waals surface area contributed by atoms with Crippen molar-refractivity contribution in [1.29, 1.82) is 0 Å². The number of aromatic carboxylic acids is 1. The molecular formula is C20H16N2O2. The lowest BCUT2D eigenvalue weighted by Crippen LogP contribution is -1.95. The van der Waals surface area contributed by atoms with Crippen molar-refractivity contribution in [3.05, 3.63) is 84.2 Å². The number of carboxylic acids is 1. The predicted octanol–water partition coefficient (Wildman–Crippen LogP) is 4.48. The van der Waals surface area contributed by atoms with Gasteiger partial charge in [0.05, 0.1) is 16.6 Å². The number of pyridine rings is 2. The van der Waals surface area contributed by atoms with Crippen LogP contribution in [0.1, 0.15) is 15.9 Å². The number of hydrogen-bond acceptors (Lipinski definition) is 3. The van der Waals surface area contributed by atoms with Crippen LogP contribution in [0.4, 0.5) is 0 Å². The van der Waals surface area contributed by atoms with Crippen LogP contribution in [0.2, 0.25) is 0 Å². The van der Waals surface area contributed by atoms with Crippen LogP contribution in [-0.2, 0) is 0 Å². The topological polar surface area (TPSA) is 63.1 Å². The molecule has 0 spiro atoms. The normalized spacial score (nSPS) is 10.2. The van der Waals surface area contributed by atoms with Crippen LogP contribution in [0.5, 0.6) is 0 Å². The average molecular weight is 316 g/mol. The minimum Gasteiger partial charge on any atom is -0.478 e. The molecule has 2 aromatic heterocycles. The van der Waals surface area contributed by atoms with Gasteiger partial charge in [-0.15, -0.1) is 0 Å². The highest BCUT2D eigenvalue weighted by Gasteiger charge is 2.02. The van der Waals surface area contributed by atoms with E-state index in [9.17, 15) is 4.79 Å². The number of rotatable bonds is 1. The van der Waals surface area contributed by atoms with E-state index in [4.69, 9.17) is 5.11 Å². The van der Waals surface area contributed by atoms with Crippen LogP contribution in [0.3, 0.4) is 0 Å². The Balaban J connectivity index is 0.000000143. The van der Waals surface area contributed by atoms with Crippen LogP contribution < -0.4 is 0 Å². The quantitative estimate of drug-likeness (QED) is 0.562. The summed E-state index contributed by atoms with van der Waals surface area (Å²) in [6.07, 6.45) is 3.50. The molecule has 1 N–H and O–H groups in total. The maximum absolute atomic E-state index is 10.6. The third-order valence-electron chi connectivity index (χ3n) is 3.61. The van der Waals surface area contributed by atoms with Gasteiger partial charge in [0.15, 0.2) is 0 Å². The summed E-state index contributed by atoms with van der Waals surface area (Å²) >= 11 is 0. The molecule has 2 heterocycles. The van der Waals surface area contributed by atoms with E-state index in [0.29, 0.717) is 5.56 Å². The third kappa shape index (κ3) is 3.55. The Hall–Kier alpha value is -3.27. The lowest BCUT2D eigenvalue weighted by molar-refractivity contribution is 0.0697. The molecule has 0 unspecified atom stereocenters. The Morgan fingerprint density at radius 2 is 1.42 bits per heavy atom. The minimum atomic E-state index is -0.911. The van der Waals surface area contributed by atoms with E-state index >= 15 is 0 Å². The molecular weight excluding hydrogens is 300 g/mol. The molecule has 4 rings (SSSR count). The van der Waals surface area contributed by atoms with E-state index in [1.165, 1.54) is 10.9 Å². The molecule has 0 saturated heterocycles. The van der Waals surface area contributed by atoms with Gasteiger partial charge < -0.3 is 5.11 Å². The smallest absolute Gasteiger partial charge is 0.335 e. The SMILES string of the molecule is Cc1ccc2ncccc2c1.O=C(O)c1ccc2ncccc2c1. The molecule has 4 aromatic rings. The van der Waals surface area contributed by atoms with Crippen LogP contribution in [0, 0.1) is 6.92 Å². The van der Waals surface area contributed by atoms with E-state index in [0.717, 1.165) is 16.4 Å². The molecule has 0 atom stereocenters. The second-order valence-electron chi connectivity index (χ2n) is 5.42. The molecule has 0 aliphatic rings. The number of carboxylic acid groups (broad SMARTS) is 1. The zero-order chi connectivity index (χ0) is 16.9. The number of aromatic nitrogens is 2. The van der Waals surface area contributed by atoms with Crippen LogP contribution in [0.25, 0.3) is 21.8 Å². The van der Waals surface area contributed by atoms with Crippen LogP contribution >= 0.6 is 0 Å². The molecule has 0 fully saturated rings. The Morgan fingerprint density at radius 3 is 2.04 bits per heavy atom. The van der Waals surface area contributed by atoms with Gasteiger partial charge in [-0.2, -0.15) is 0 Å². The first-order chi connectivity index (χ1) is 11.6. The van der Waals surface area contributed by atoms with Crippen molar-refractivity contribution in [2.45, 2.75) is 6.92 Å². The summed E-state index contributed by atoms with van der Waals surface area (Å²) in [7, 11) is 0. The number of fused-ring (bicyclic) bond motifs is 2. The monoisotopic (exact) mass is 316 g/mol. The van der Waals surface area contributed by atoms with Crippen LogP contribution in [0.15, 0.2) is 73.1 Å². The van der Waals surface area contributed by atoms with E-state index in [1.54, 1.807) is 30.5 Å². The maximum Gasteiger partial charge on any atom is 0.335 e. The largest absolute Gasteiger partial charge is 0.478 e. The molecule has 0 radical (unpaired) electrons. The summed E-state index contributed by atoms with van der Waals surface area (Å²) in [5, 5.41) is 10.8. The summed E-state index contributed by atoms with van der Waals surface area (Å²) in [5.74, 6) is -0.911. The van der Waals surface area contributed by atoms with Crippen molar-refractivity contribution in [1.82, 2.24) is 9.97 Å². The summed E-state index contributed by atoms with van der Waals surface area (Å²) in [6, 6.07) is 18.8. The highest BCUT2D eigenvalue weighted by Crippen LogP contribution is 2.13. The van der Waals surface area contributed by atoms with Crippen molar-refractivity contribution in [2.24, 2.45) is 0 Å². The zero-order valence-corrected chi connectivity index (χ0v) is 13.2. The summed E-state index contributed by atoms with van der Waals surface area (Å²) < 4.78 is 0. The number of hydrogen-bond donors (Lipinski definition) is 1. The van der Waals surface area contributed by atoms with Gasteiger partial charge in [0.25, 0.3) is 0 Å². The fourth-order valence-electron chi connectivity index (χ4n) is 2.40. The number of aryl methyl sites for hydroxylation is 1. The fourth-order valence-corrected chi connectivity index (χ4v) is 2.40. The van der Waals surface area contributed by atoms with Crippen molar-refractivity contribution in [3.63, 3.8) is 0 Å². The van der Waals surface area contributed by atoms with Gasteiger partial charge in [-0.25, -0.2) is 4.79 Å². The first-order valence-electron chi connectivity index (χ1n) is 7.53. The average Bonchev–Trinajstić information content (AvgIpc) is 2.61. The van der Waals surface area contributed by atoms with E-state index < -0.39 is 5.97 Å². The van der Waals surface area contributed by atoms with Crippen molar-refractivity contribution in [2.75, 3.05) is 0 Å². The van der Waals surface area contributed by atoms with Crippen molar-refractivity contribution in [3.8, 4) is 0 Å². The lowest BCUT2D eigenvalue weighted by Gasteiger charge is -1.97. The Labute approximate surface area is 139 Å². The summed E-state index contributed by atoms with van der Waals surface area (Å²) in [5.41, 5.74) is 3.46. The second kappa shape index (κ2) is 6.87. The van der Waals surface area contributed by atoms with Crippen LogP contribution in [-0.4, -0.2) is 21.0 Å². The lowest BCUT2D eigenvalue weighted by atomic mass is 10.1. The third-order valence-corrected chi connectivity index (χ3v) is 3.61. The van der Waals surface area contributed by atoms with E-state index in [1.807, 2.05) is 24.4 Å². The van der Waals surface area contributed by atoms with E-state index in [-0.39, 0.29) is 0 Å². The molecule has 0 aliphatic heterocycles. The zero-order valence-electron chi connectivity index (χ0n) is 13.2. The first-order valence-corrected chi connectivity index (χ1v) is 7.53. The molecule has 0 aliphatic carbocycles. The maximum atomic E-state index is 10.6. The summed E-state index contributed by atoms with van der Waals surface area (Å²) in [4.78, 5) is 18.9. The number of benzene rings is 2. The van der Waals surface area contributed by atoms with Gasteiger partial charge in [0.1, 0.15) is 0 Å². The fraction of sp³-hybridized carbons (Fsp3) is 0.0500. The molecule has 0 bridgehead atoms. The van der Waals surface area contributed by atoms with Gasteiger partial charge in [0.2, 0.25) is 0 Å². The van der Waals surface area contributed by atoms with Gasteiger partial charge in [-0.3, -0.25) is 9.97 Å². The van der Waals surface area contributed by atoms with Gasteiger partial charge in [-0.05, 0) is 49.4 Å². The number of carbonyl (C=O) groups is 1. The van der Waals surface area contributed by atoms with Gasteiger partial charge in [-0.1, -0.05) is 23.8 Å². The summed E-state index contributed by atoms with van der Waals surface area (Å²) in [6.45, 7) is 2.09. The Morgan fingerprint density at radius 1 is 0.833 bits per heavy atom. The van der Waals surface area contributed by atoms with E-state index in [2.05, 4.69) is 35.1 Å². The second-order valence-corrected chi connectivity index (χ2v) is 5.42. The minimum absolute atomic E-state index is 0.292. The van der Waals surface area contributed by atoms with Crippen molar-refractivity contribution >= 4 is 27.8 Å². The number of nitrogens with zero attached hydrogens (tertiary/aromatic N) is 2. The highest BCUT2D eigenvalue weighted by molar-refractivity contribution is 5.93.